The molecule has 0 aliphatic heterocycles. The SMILES string of the molecule is CP(S)OC1CCC(ONC(C=O)CCC(N)=O)CC1. The molecular weight excluding hydrogens is 299 g/mol. The van der Waals surface area contributed by atoms with Crippen LogP contribution in [0.3, 0.4) is 0 Å². The van der Waals surface area contributed by atoms with E-state index in [1.54, 1.807) is 0 Å². The molecule has 0 bridgehead atoms. The molecule has 8 heteroatoms. The highest BCUT2D eigenvalue weighted by molar-refractivity contribution is 8.43. The van der Waals surface area contributed by atoms with E-state index in [-0.39, 0.29) is 18.6 Å². The Morgan fingerprint density at radius 3 is 2.55 bits per heavy atom. The second-order valence-corrected chi connectivity index (χ2v) is 7.78. The van der Waals surface area contributed by atoms with E-state index >= 15 is 0 Å². The number of primary amides is 1. The van der Waals surface area contributed by atoms with Gasteiger partial charge in [0.15, 0.2) is 0 Å². The fourth-order valence-electron chi connectivity index (χ4n) is 2.11. The number of carbonyl (C=O) groups is 2. The van der Waals surface area contributed by atoms with E-state index in [0.717, 1.165) is 32.0 Å². The van der Waals surface area contributed by atoms with Crippen LogP contribution in [-0.4, -0.2) is 37.1 Å². The summed E-state index contributed by atoms with van der Waals surface area (Å²) < 4.78 is 5.70. The summed E-state index contributed by atoms with van der Waals surface area (Å²) in [4.78, 5) is 27.0. The Morgan fingerprint density at radius 2 is 2.05 bits per heavy atom. The molecule has 0 radical (unpaired) electrons. The van der Waals surface area contributed by atoms with E-state index in [1.165, 1.54) is 0 Å². The summed E-state index contributed by atoms with van der Waals surface area (Å²) in [6.45, 7) is 1.97. The number of amides is 1. The molecule has 0 aromatic rings. The Labute approximate surface area is 126 Å². The Bertz CT molecular complexity index is 312. The molecule has 0 spiro atoms. The fourth-order valence-corrected chi connectivity index (χ4v) is 3.15. The lowest BCUT2D eigenvalue weighted by atomic mass is 9.95. The van der Waals surface area contributed by atoms with Crippen molar-refractivity contribution < 1.29 is 19.0 Å². The summed E-state index contributed by atoms with van der Waals surface area (Å²) in [6.07, 6.45) is 5.25. The van der Waals surface area contributed by atoms with Gasteiger partial charge in [0.05, 0.1) is 25.6 Å². The zero-order valence-electron chi connectivity index (χ0n) is 11.7. The number of hydrogen-bond acceptors (Lipinski definition) is 6. The zero-order valence-corrected chi connectivity index (χ0v) is 13.4. The van der Waals surface area contributed by atoms with Gasteiger partial charge < -0.3 is 15.1 Å². The summed E-state index contributed by atoms with van der Waals surface area (Å²) in [7, 11) is -0.622. The molecule has 0 aromatic heterocycles. The third-order valence-corrected chi connectivity index (χ3v) is 4.06. The standard InChI is InChI=1S/C12H23N2O4PS/c1-19(20)18-11-5-3-10(4-6-11)17-14-9(8-15)2-7-12(13)16/h8-11,14,20H,2-7H2,1H3,(H2,13,16). The van der Waals surface area contributed by atoms with Crippen molar-refractivity contribution in [3.63, 3.8) is 0 Å². The van der Waals surface area contributed by atoms with E-state index in [9.17, 15) is 9.59 Å². The highest BCUT2D eigenvalue weighted by Crippen LogP contribution is 2.41. The van der Waals surface area contributed by atoms with Gasteiger partial charge >= 0.3 is 0 Å². The number of carbonyl (C=O) groups excluding carboxylic acids is 2. The highest BCUT2D eigenvalue weighted by atomic mass is 32.7. The minimum Gasteiger partial charge on any atom is -0.370 e. The zero-order chi connectivity index (χ0) is 15.0. The van der Waals surface area contributed by atoms with Crippen molar-refractivity contribution in [2.24, 2.45) is 5.73 Å². The Morgan fingerprint density at radius 1 is 1.45 bits per heavy atom. The third-order valence-electron chi connectivity index (χ3n) is 3.17. The number of aldehydes is 1. The van der Waals surface area contributed by atoms with Crippen LogP contribution < -0.4 is 11.2 Å². The molecule has 3 N–H and O–H groups in total. The van der Waals surface area contributed by atoms with Crippen LogP contribution in [0.4, 0.5) is 0 Å². The van der Waals surface area contributed by atoms with E-state index in [2.05, 4.69) is 17.7 Å². The van der Waals surface area contributed by atoms with Crippen molar-refractivity contribution in [2.45, 2.75) is 56.8 Å². The molecule has 20 heavy (non-hydrogen) atoms. The quantitative estimate of drug-likeness (QED) is 0.259. The maximum absolute atomic E-state index is 10.8. The van der Waals surface area contributed by atoms with Crippen LogP contribution in [-0.2, 0) is 19.0 Å². The first-order valence-electron chi connectivity index (χ1n) is 6.75. The van der Waals surface area contributed by atoms with Crippen molar-refractivity contribution in [1.29, 1.82) is 0 Å². The van der Waals surface area contributed by atoms with E-state index in [0.29, 0.717) is 6.42 Å². The largest absolute Gasteiger partial charge is 0.370 e. The summed E-state index contributed by atoms with van der Waals surface area (Å²) in [5, 5.41) is 0. The first kappa shape index (κ1) is 17.9. The number of hydroxylamine groups is 1. The van der Waals surface area contributed by atoms with Crippen molar-refractivity contribution in [3.8, 4) is 0 Å². The topological polar surface area (TPSA) is 90.7 Å². The molecule has 1 saturated carbocycles. The molecule has 0 saturated heterocycles. The molecule has 1 amide bonds. The van der Waals surface area contributed by atoms with Crippen LogP contribution in [0.5, 0.6) is 0 Å². The summed E-state index contributed by atoms with van der Waals surface area (Å²) in [5.41, 5.74) is 7.77. The van der Waals surface area contributed by atoms with E-state index < -0.39 is 19.3 Å². The van der Waals surface area contributed by atoms with Crippen molar-refractivity contribution in [2.75, 3.05) is 6.66 Å². The van der Waals surface area contributed by atoms with Crippen LogP contribution in [0.2, 0.25) is 0 Å². The van der Waals surface area contributed by atoms with Crippen LogP contribution in [0.15, 0.2) is 0 Å². The van der Waals surface area contributed by atoms with Gasteiger partial charge in [-0.3, -0.25) is 9.63 Å². The van der Waals surface area contributed by atoms with Crippen molar-refractivity contribution in [1.82, 2.24) is 5.48 Å². The van der Waals surface area contributed by atoms with Gasteiger partial charge in [0.2, 0.25) is 5.91 Å². The van der Waals surface area contributed by atoms with Gasteiger partial charge in [-0.15, -0.1) is 12.2 Å². The number of hydrogen-bond donors (Lipinski definition) is 3. The Balaban J connectivity index is 2.19. The van der Waals surface area contributed by atoms with Gasteiger partial charge in [-0.05, 0) is 38.8 Å². The van der Waals surface area contributed by atoms with Crippen LogP contribution >= 0.6 is 19.6 Å². The molecule has 1 aliphatic carbocycles. The first-order chi connectivity index (χ1) is 9.51. The summed E-state index contributed by atoms with van der Waals surface area (Å²) in [5.74, 6) is -0.417. The lowest BCUT2D eigenvalue weighted by molar-refractivity contribution is -0.121. The van der Waals surface area contributed by atoms with E-state index in [4.69, 9.17) is 15.1 Å². The lowest BCUT2D eigenvalue weighted by Crippen LogP contribution is -2.37. The minimum absolute atomic E-state index is 0.0777. The first-order valence-corrected chi connectivity index (χ1v) is 9.61. The lowest BCUT2D eigenvalue weighted by Gasteiger charge is -2.29. The average Bonchev–Trinajstić information content (AvgIpc) is 2.40. The molecule has 0 aromatic carbocycles. The second kappa shape index (κ2) is 9.68. The molecule has 2 atom stereocenters. The Hall–Kier alpha value is -0.200. The number of thiol groups is 1. The van der Waals surface area contributed by atoms with Crippen LogP contribution in [0, 0.1) is 0 Å². The Kier molecular flexibility index (Phi) is 8.64. The van der Waals surface area contributed by atoms with Gasteiger partial charge in [-0.2, -0.15) is 5.48 Å². The van der Waals surface area contributed by atoms with Crippen molar-refractivity contribution >= 4 is 31.8 Å². The molecule has 116 valence electrons. The van der Waals surface area contributed by atoms with E-state index in [1.807, 2.05) is 6.66 Å². The molecular formula is C12H23N2O4PS. The van der Waals surface area contributed by atoms with Crippen LogP contribution in [0.25, 0.3) is 0 Å². The van der Waals surface area contributed by atoms with Gasteiger partial charge in [0.1, 0.15) is 6.29 Å². The third kappa shape index (κ3) is 7.55. The van der Waals surface area contributed by atoms with Crippen LogP contribution in [0.1, 0.15) is 38.5 Å². The smallest absolute Gasteiger partial charge is 0.217 e. The van der Waals surface area contributed by atoms with Gasteiger partial charge in [0.25, 0.3) is 0 Å². The summed E-state index contributed by atoms with van der Waals surface area (Å²) >= 11 is 4.27. The predicted octanol–water partition coefficient (Wildman–Crippen LogP) is 1.54. The maximum atomic E-state index is 10.8. The normalized spacial score (nSPS) is 25.9. The second-order valence-electron chi connectivity index (χ2n) is 4.95. The maximum Gasteiger partial charge on any atom is 0.217 e. The number of rotatable bonds is 9. The number of nitrogens with two attached hydrogens (primary N) is 1. The summed E-state index contributed by atoms with van der Waals surface area (Å²) in [6, 6.07) is -0.489. The predicted molar refractivity (Wildman–Crippen MR) is 81.5 cm³/mol. The highest BCUT2D eigenvalue weighted by Gasteiger charge is 2.24. The molecule has 2 unspecified atom stereocenters. The molecule has 1 rings (SSSR count). The van der Waals surface area contributed by atoms with Gasteiger partial charge in [-0.25, -0.2) is 0 Å². The van der Waals surface area contributed by atoms with Gasteiger partial charge in [-0.1, -0.05) is 0 Å². The molecule has 6 nitrogen and oxygen atoms in total. The average molecular weight is 322 g/mol. The minimum atomic E-state index is -0.622. The molecule has 1 fully saturated rings. The fraction of sp³-hybridized carbons (Fsp3) is 0.833. The molecule has 0 heterocycles. The monoisotopic (exact) mass is 322 g/mol. The molecule has 1 aliphatic rings. The number of nitrogens with one attached hydrogen (secondary N) is 1. The van der Waals surface area contributed by atoms with Crippen molar-refractivity contribution in [3.05, 3.63) is 0 Å². The van der Waals surface area contributed by atoms with Gasteiger partial charge in [0, 0.05) is 6.42 Å².